The summed E-state index contributed by atoms with van der Waals surface area (Å²) in [6.45, 7) is 3.44. The standard InChI is InChI=1S/C14H23N3OS/c1-2-3-4-8-15-14(18)16-9-12-10-19-13(17-12)11-6-5-7-11/h10-11H,2-9H2,1H3,(H2,15,16,18). The van der Waals surface area contributed by atoms with Crippen LogP contribution in [-0.2, 0) is 6.54 Å². The molecule has 0 spiro atoms. The second-order valence-corrected chi connectivity index (χ2v) is 6.01. The van der Waals surface area contributed by atoms with Crippen molar-refractivity contribution in [2.45, 2.75) is 57.9 Å². The fourth-order valence-corrected chi connectivity index (χ4v) is 3.05. The lowest BCUT2D eigenvalue weighted by Crippen LogP contribution is -2.35. The third-order valence-corrected chi connectivity index (χ3v) is 4.58. The van der Waals surface area contributed by atoms with E-state index in [2.05, 4.69) is 27.9 Å². The van der Waals surface area contributed by atoms with Crippen LogP contribution in [0.3, 0.4) is 0 Å². The normalized spacial score (nSPS) is 15.0. The van der Waals surface area contributed by atoms with E-state index >= 15 is 0 Å². The smallest absolute Gasteiger partial charge is 0.315 e. The number of unbranched alkanes of at least 4 members (excludes halogenated alkanes) is 2. The first-order valence-corrected chi connectivity index (χ1v) is 8.13. The molecule has 2 N–H and O–H groups in total. The van der Waals surface area contributed by atoms with Crippen molar-refractivity contribution in [2.75, 3.05) is 6.54 Å². The molecule has 1 aliphatic rings. The van der Waals surface area contributed by atoms with Crippen molar-refractivity contribution >= 4 is 17.4 Å². The summed E-state index contributed by atoms with van der Waals surface area (Å²) in [5, 5.41) is 9.03. The Bertz CT molecular complexity index is 401. The first-order chi connectivity index (χ1) is 9.29. The fourth-order valence-electron chi connectivity index (χ4n) is 2.06. The second kappa shape index (κ2) is 7.48. The number of thiazole rings is 1. The topological polar surface area (TPSA) is 54.0 Å². The van der Waals surface area contributed by atoms with Gasteiger partial charge < -0.3 is 10.6 Å². The first kappa shape index (κ1) is 14.3. The summed E-state index contributed by atoms with van der Waals surface area (Å²) in [4.78, 5) is 16.1. The molecule has 0 atom stereocenters. The van der Waals surface area contributed by atoms with Gasteiger partial charge in [0.25, 0.3) is 0 Å². The maximum Gasteiger partial charge on any atom is 0.315 e. The Hall–Kier alpha value is -1.10. The molecule has 0 aromatic carbocycles. The lowest BCUT2D eigenvalue weighted by atomic mass is 9.86. The van der Waals surface area contributed by atoms with Crippen LogP contribution >= 0.6 is 11.3 Å². The molecule has 106 valence electrons. The van der Waals surface area contributed by atoms with Gasteiger partial charge in [0.1, 0.15) is 0 Å². The van der Waals surface area contributed by atoms with Crippen molar-refractivity contribution in [2.24, 2.45) is 0 Å². The van der Waals surface area contributed by atoms with Gasteiger partial charge in [0.15, 0.2) is 0 Å². The number of urea groups is 1. The molecule has 5 heteroatoms. The molecule has 4 nitrogen and oxygen atoms in total. The summed E-state index contributed by atoms with van der Waals surface area (Å²) in [5.41, 5.74) is 0.982. The molecule has 2 amide bonds. The molecule has 1 fully saturated rings. The van der Waals surface area contributed by atoms with Crippen molar-refractivity contribution in [1.29, 1.82) is 0 Å². The van der Waals surface area contributed by atoms with Crippen molar-refractivity contribution in [1.82, 2.24) is 15.6 Å². The highest BCUT2D eigenvalue weighted by atomic mass is 32.1. The van der Waals surface area contributed by atoms with Gasteiger partial charge in [0.2, 0.25) is 0 Å². The van der Waals surface area contributed by atoms with Gasteiger partial charge in [0, 0.05) is 17.8 Å². The van der Waals surface area contributed by atoms with Crippen molar-refractivity contribution in [3.8, 4) is 0 Å². The van der Waals surface area contributed by atoms with Crippen molar-refractivity contribution in [3.63, 3.8) is 0 Å². The van der Waals surface area contributed by atoms with E-state index in [0.717, 1.165) is 25.1 Å². The molecule has 0 aliphatic heterocycles. The lowest BCUT2D eigenvalue weighted by molar-refractivity contribution is 0.240. The highest BCUT2D eigenvalue weighted by Crippen LogP contribution is 2.37. The highest BCUT2D eigenvalue weighted by molar-refractivity contribution is 7.09. The van der Waals surface area contributed by atoms with Crippen LogP contribution in [0.25, 0.3) is 0 Å². The van der Waals surface area contributed by atoms with Gasteiger partial charge in [-0.3, -0.25) is 0 Å². The number of amides is 2. The van der Waals surface area contributed by atoms with Crippen LogP contribution < -0.4 is 10.6 Å². The second-order valence-electron chi connectivity index (χ2n) is 5.12. The molecule has 19 heavy (non-hydrogen) atoms. The summed E-state index contributed by atoms with van der Waals surface area (Å²) >= 11 is 1.73. The Morgan fingerprint density at radius 1 is 1.42 bits per heavy atom. The van der Waals surface area contributed by atoms with E-state index in [1.165, 1.54) is 30.7 Å². The molecule has 0 saturated heterocycles. The molecule has 1 aliphatic carbocycles. The maximum atomic E-state index is 11.5. The zero-order valence-corrected chi connectivity index (χ0v) is 12.4. The Kier molecular flexibility index (Phi) is 5.63. The SMILES string of the molecule is CCCCCNC(=O)NCc1csc(C2CCC2)n1. The summed E-state index contributed by atoms with van der Waals surface area (Å²) in [6, 6.07) is -0.0886. The summed E-state index contributed by atoms with van der Waals surface area (Å²) in [5.74, 6) is 0.682. The number of carbonyl (C=O) groups is 1. The minimum absolute atomic E-state index is 0.0886. The van der Waals surface area contributed by atoms with Crippen LogP contribution in [0, 0.1) is 0 Å². The van der Waals surface area contributed by atoms with Crippen LogP contribution in [0.2, 0.25) is 0 Å². The fraction of sp³-hybridized carbons (Fsp3) is 0.714. The molecular weight excluding hydrogens is 258 g/mol. The Balaban J connectivity index is 1.64. The summed E-state index contributed by atoms with van der Waals surface area (Å²) < 4.78 is 0. The summed E-state index contributed by atoms with van der Waals surface area (Å²) in [6.07, 6.45) is 7.27. The quantitative estimate of drug-likeness (QED) is 0.753. The zero-order valence-electron chi connectivity index (χ0n) is 11.6. The van der Waals surface area contributed by atoms with E-state index < -0.39 is 0 Å². The number of aromatic nitrogens is 1. The number of rotatable bonds is 7. The van der Waals surface area contributed by atoms with Crippen molar-refractivity contribution < 1.29 is 4.79 Å². The van der Waals surface area contributed by atoms with E-state index in [-0.39, 0.29) is 6.03 Å². The van der Waals surface area contributed by atoms with Gasteiger partial charge in [-0.25, -0.2) is 9.78 Å². The largest absolute Gasteiger partial charge is 0.338 e. The van der Waals surface area contributed by atoms with E-state index in [0.29, 0.717) is 12.5 Å². The Morgan fingerprint density at radius 2 is 2.26 bits per heavy atom. The van der Waals surface area contributed by atoms with Gasteiger partial charge in [-0.1, -0.05) is 26.2 Å². The van der Waals surface area contributed by atoms with E-state index in [4.69, 9.17) is 0 Å². The maximum absolute atomic E-state index is 11.5. The number of hydrogen-bond donors (Lipinski definition) is 2. The average molecular weight is 281 g/mol. The monoisotopic (exact) mass is 281 g/mol. The van der Waals surface area contributed by atoms with E-state index in [1.54, 1.807) is 11.3 Å². The first-order valence-electron chi connectivity index (χ1n) is 7.25. The van der Waals surface area contributed by atoms with Crippen molar-refractivity contribution in [3.05, 3.63) is 16.1 Å². The third kappa shape index (κ3) is 4.49. The number of hydrogen-bond acceptors (Lipinski definition) is 3. The minimum atomic E-state index is -0.0886. The molecule has 2 rings (SSSR count). The number of nitrogens with one attached hydrogen (secondary N) is 2. The lowest BCUT2D eigenvalue weighted by Gasteiger charge is -2.22. The van der Waals surface area contributed by atoms with Crippen LogP contribution in [0.1, 0.15) is 62.1 Å². The van der Waals surface area contributed by atoms with Gasteiger partial charge in [-0.2, -0.15) is 0 Å². The molecular formula is C14H23N3OS. The Morgan fingerprint density at radius 3 is 2.95 bits per heavy atom. The molecule has 0 bridgehead atoms. The highest BCUT2D eigenvalue weighted by Gasteiger charge is 2.22. The summed E-state index contributed by atoms with van der Waals surface area (Å²) in [7, 11) is 0. The average Bonchev–Trinajstić information content (AvgIpc) is 2.78. The zero-order chi connectivity index (χ0) is 13.5. The Labute approximate surface area is 119 Å². The molecule has 1 heterocycles. The van der Waals surface area contributed by atoms with E-state index in [9.17, 15) is 4.79 Å². The molecule has 0 unspecified atom stereocenters. The minimum Gasteiger partial charge on any atom is -0.338 e. The van der Waals surface area contributed by atoms with Gasteiger partial charge in [0.05, 0.1) is 17.2 Å². The molecule has 1 saturated carbocycles. The number of carbonyl (C=O) groups excluding carboxylic acids is 1. The van der Waals surface area contributed by atoms with Crippen LogP contribution in [0.5, 0.6) is 0 Å². The third-order valence-electron chi connectivity index (χ3n) is 3.52. The van der Waals surface area contributed by atoms with E-state index in [1.807, 2.05) is 0 Å². The predicted molar refractivity (Wildman–Crippen MR) is 78.5 cm³/mol. The number of nitrogens with zero attached hydrogens (tertiary/aromatic N) is 1. The van der Waals surface area contributed by atoms with Crippen LogP contribution in [0.15, 0.2) is 5.38 Å². The van der Waals surface area contributed by atoms with Crippen LogP contribution in [-0.4, -0.2) is 17.6 Å². The van der Waals surface area contributed by atoms with Gasteiger partial charge in [-0.05, 0) is 19.3 Å². The van der Waals surface area contributed by atoms with Gasteiger partial charge >= 0.3 is 6.03 Å². The molecule has 1 aromatic heterocycles. The predicted octanol–water partition coefficient (Wildman–Crippen LogP) is 3.40. The molecule has 1 aromatic rings. The van der Waals surface area contributed by atoms with Gasteiger partial charge in [-0.15, -0.1) is 11.3 Å². The van der Waals surface area contributed by atoms with Crippen LogP contribution in [0.4, 0.5) is 4.79 Å². The molecule has 0 radical (unpaired) electrons.